The first kappa shape index (κ1) is 15.6. The van der Waals surface area contributed by atoms with Crippen molar-refractivity contribution >= 4 is 5.91 Å². The van der Waals surface area contributed by atoms with Gasteiger partial charge in [0.2, 0.25) is 5.91 Å². The lowest BCUT2D eigenvalue weighted by Crippen LogP contribution is -2.31. The van der Waals surface area contributed by atoms with Gasteiger partial charge in [0, 0.05) is 31.2 Å². The predicted octanol–water partition coefficient (Wildman–Crippen LogP) is 2.06. The number of ether oxygens (including phenoxy) is 3. The number of likely N-dealkylation sites (tertiary alicyclic amines) is 1. The first-order valence-electron chi connectivity index (χ1n) is 7.27. The van der Waals surface area contributed by atoms with E-state index in [1.165, 1.54) is 0 Å². The molecule has 21 heavy (non-hydrogen) atoms. The topological polar surface area (TPSA) is 48.0 Å². The highest BCUT2D eigenvalue weighted by atomic mass is 16.5. The lowest BCUT2D eigenvalue weighted by molar-refractivity contribution is -0.134. The number of carbonyl (C=O) groups is 1. The molecule has 1 atom stereocenters. The van der Waals surface area contributed by atoms with Gasteiger partial charge < -0.3 is 19.1 Å². The number of nitrogens with zero attached hydrogens (tertiary/aromatic N) is 1. The van der Waals surface area contributed by atoms with Crippen LogP contribution in [0.4, 0.5) is 0 Å². The summed E-state index contributed by atoms with van der Waals surface area (Å²) < 4.78 is 15.9. The SMILES string of the molecule is CCOCC(=O)N1CC[C@H](c2cc(OC)ccc2OC)C1. The molecule has 1 aromatic rings. The second-order valence-corrected chi connectivity index (χ2v) is 5.07. The molecule has 1 aromatic carbocycles. The van der Waals surface area contributed by atoms with Crippen molar-refractivity contribution in [2.75, 3.05) is 40.5 Å². The van der Waals surface area contributed by atoms with Crippen molar-refractivity contribution in [2.24, 2.45) is 0 Å². The van der Waals surface area contributed by atoms with Crippen LogP contribution in [0.15, 0.2) is 18.2 Å². The summed E-state index contributed by atoms with van der Waals surface area (Å²) in [6.07, 6.45) is 0.932. The van der Waals surface area contributed by atoms with E-state index in [1.807, 2.05) is 30.0 Å². The van der Waals surface area contributed by atoms with Gasteiger partial charge in [-0.1, -0.05) is 0 Å². The Hall–Kier alpha value is -1.75. The summed E-state index contributed by atoms with van der Waals surface area (Å²) in [6, 6.07) is 5.80. The van der Waals surface area contributed by atoms with E-state index in [2.05, 4.69) is 0 Å². The third-order valence-electron chi connectivity index (χ3n) is 3.85. The molecule has 0 unspecified atom stereocenters. The molecule has 1 aliphatic rings. The number of benzene rings is 1. The van der Waals surface area contributed by atoms with Gasteiger partial charge in [0.1, 0.15) is 18.1 Å². The Bertz CT molecular complexity index is 489. The number of hydrogen-bond acceptors (Lipinski definition) is 4. The van der Waals surface area contributed by atoms with E-state index in [9.17, 15) is 4.79 Å². The molecule has 1 aliphatic heterocycles. The zero-order valence-electron chi connectivity index (χ0n) is 12.9. The normalized spacial score (nSPS) is 17.9. The van der Waals surface area contributed by atoms with Crippen molar-refractivity contribution in [3.05, 3.63) is 23.8 Å². The van der Waals surface area contributed by atoms with E-state index in [0.717, 1.165) is 30.0 Å². The summed E-state index contributed by atoms with van der Waals surface area (Å²) in [4.78, 5) is 13.9. The van der Waals surface area contributed by atoms with Gasteiger partial charge in [-0.3, -0.25) is 4.79 Å². The van der Waals surface area contributed by atoms with Gasteiger partial charge in [0.25, 0.3) is 0 Å². The fourth-order valence-corrected chi connectivity index (χ4v) is 2.68. The molecule has 1 heterocycles. The average Bonchev–Trinajstić information content (AvgIpc) is 3.01. The summed E-state index contributed by atoms with van der Waals surface area (Å²) in [5.74, 6) is 1.99. The van der Waals surface area contributed by atoms with Crippen molar-refractivity contribution in [3.63, 3.8) is 0 Å². The summed E-state index contributed by atoms with van der Waals surface area (Å²) in [5.41, 5.74) is 1.10. The predicted molar refractivity (Wildman–Crippen MR) is 80.0 cm³/mol. The number of carbonyl (C=O) groups excluding carboxylic acids is 1. The molecule has 5 heteroatoms. The third kappa shape index (κ3) is 3.67. The quantitative estimate of drug-likeness (QED) is 0.805. The Balaban J connectivity index is 2.08. The molecule has 2 rings (SSSR count). The van der Waals surface area contributed by atoms with Gasteiger partial charge in [-0.25, -0.2) is 0 Å². The van der Waals surface area contributed by atoms with E-state index >= 15 is 0 Å². The zero-order valence-corrected chi connectivity index (χ0v) is 12.9. The largest absolute Gasteiger partial charge is 0.497 e. The van der Waals surface area contributed by atoms with Gasteiger partial charge in [-0.15, -0.1) is 0 Å². The summed E-state index contributed by atoms with van der Waals surface area (Å²) >= 11 is 0. The van der Waals surface area contributed by atoms with Gasteiger partial charge in [0.05, 0.1) is 14.2 Å². The Kier molecular flexibility index (Phi) is 5.44. The monoisotopic (exact) mass is 293 g/mol. The maximum Gasteiger partial charge on any atom is 0.248 e. The van der Waals surface area contributed by atoms with Crippen molar-refractivity contribution in [2.45, 2.75) is 19.3 Å². The molecule has 0 N–H and O–H groups in total. The van der Waals surface area contributed by atoms with E-state index in [-0.39, 0.29) is 18.4 Å². The molecule has 1 fully saturated rings. The summed E-state index contributed by atoms with van der Waals surface area (Å²) in [6.45, 7) is 4.08. The van der Waals surface area contributed by atoms with E-state index in [0.29, 0.717) is 13.2 Å². The second-order valence-electron chi connectivity index (χ2n) is 5.07. The lowest BCUT2D eigenvalue weighted by atomic mass is 9.97. The fourth-order valence-electron chi connectivity index (χ4n) is 2.68. The molecule has 0 bridgehead atoms. The Morgan fingerprint density at radius 1 is 1.33 bits per heavy atom. The summed E-state index contributed by atoms with van der Waals surface area (Å²) in [5, 5.41) is 0. The summed E-state index contributed by atoms with van der Waals surface area (Å²) in [7, 11) is 3.32. The zero-order chi connectivity index (χ0) is 15.2. The lowest BCUT2D eigenvalue weighted by Gasteiger charge is -2.18. The van der Waals surface area contributed by atoms with E-state index in [1.54, 1.807) is 14.2 Å². The average molecular weight is 293 g/mol. The molecule has 1 amide bonds. The minimum absolute atomic E-state index is 0.0567. The van der Waals surface area contributed by atoms with Crippen molar-refractivity contribution < 1.29 is 19.0 Å². The van der Waals surface area contributed by atoms with Crippen LogP contribution in [0.2, 0.25) is 0 Å². The Morgan fingerprint density at radius 2 is 2.14 bits per heavy atom. The van der Waals surface area contributed by atoms with Crippen LogP contribution in [0, 0.1) is 0 Å². The van der Waals surface area contributed by atoms with Crippen LogP contribution in [0.3, 0.4) is 0 Å². The first-order valence-corrected chi connectivity index (χ1v) is 7.27. The third-order valence-corrected chi connectivity index (χ3v) is 3.85. The van der Waals surface area contributed by atoms with Crippen LogP contribution >= 0.6 is 0 Å². The number of hydrogen-bond donors (Lipinski definition) is 0. The van der Waals surface area contributed by atoms with Gasteiger partial charge >= 0.3 is 0 Å². The van der Waals surface area contributed by atoms with E-state index < -0.39 is 0 Å². The molecule has 0 aromatic heterocycles. The Labute approximate surface area is 125 Å². The highest BCUT2D eigenvalue weighted by Crippen LogP contribution is 2.35. The minimum Gasteiger partial charge on any atom is -0.497 e. The maximum absolute atomic E-state index is 12.0. The fraction of sp³-hybridized carbons (Fsp3) is 0.562. The highest BCUT2D eigenvalue weighted by Gasteiger charge is 2.29. The molecule has 116 valence electrons. The molecule has 5 nitrogen and oxygen atoms in total. The van der Waals surface area contributed by atoms with Gasteiger partial charge in [-0.05, 0) is 31.5 Å². The van der Waals surface area contributed by atoms with Crippen molar-refractivity contribution in [3.8, 4) is 11.5 Å². The highest BCUT2D eigenvalue weighted by molar-refractivity contribution is 5.77. The van der Waals surface area contributed by atoms with E-state index in [4.69, 9.17) is 14.2 Å². The van der Waals surface area contributed by atoms with Crippen LogP contribution in [-0.2, 0) is 9.53 Å². The van der Waals surface area contributed by atoms with Crippen molar-refractivity contribution in [1.29, 1.82) is 0 Å². The van der Waals surface area contributed by atoms with Crippen LogP contribution in [0.25, 0.3) is 0 Å². The van der Waals surface area contributed by atoms with Gasteiger partial charge in [-0.2, -0.15) is 0 Å². The van der Waals surface area contributed by atoms with Crippen molar-refractivity contribution in [1.82, 2.24) is 4.90 Å². The molecule has 1 saturated heterocycles. The number of amides is 1. The smallest absolute Gasteiger partial charge is 0.248 e. The molecule has 0 saturated carbocycles. The standard InChI is InChI=1S/C16H23NO4/c1-4-21-11-16(18)17-8-7-12(10-17)14-9-13(19-2)5-6-15(14)20-3/h5-6,9,12H,4,7-8,10-11H2,1-3H3/t12-/m0/s1. The molecule has 0 radical (unpaired) electrons. The number of methoxy groups -OCH3 is 2. The molecular formula is C16H23NO4. The molecule has 0 spiro atoms. The number of rotatable bonds is 6. The van der Waals surface area contributed by atoms with Crippen LogP contribution in [0.5, 0.6) is 11.5 Å². The van der Waals surface area contributed by atoms with Gasteiger partial charge in [0.15, 0.2) is 0 Å². The van der Waals surface area contributed by atoms with Crippen LogP contribution < -0.4 is 9.47 Å². The minimum atomic E-state index is 0.0567. The molecular weight excluding hydrogens is 270 g/mol. The molecule has 0 aliphatic carbocycles. The first-order chi connectivity index (χ1) is 10.2. The maximum atomic E-state index is 12.0. The van der Waals surface area contributed by atoms with Crippen LogP contribution in [-0.4, -0.2) is 51.3 Å². The second kappa shape index (κ2) is 7.31. The Morgan fingerprint density at radius 3 is 2.81 bits per heavy atom. The van der Waals surface area contributed by atoms with Crippen LogP contribution in [0.1, 0.15) is 24.8 Å².